The van der Waals surface area contributed by atoms with Crippen molar-refractivity contribution in [3.63, 3.8) is 0 Å². The Bertz CT molecular complexity index is 4890. The molecule has 338 valence electrons. The normalized spacial score (nSPS) is 12.1. The number of fused-ring (bicyclic) bond motifs is 14. The summed E-state index contributed by atoms with van der Waals surface area (Å²) in [6.07, 6.45) is 0. The average molecular weight is 930 g/mol. The second kappa shape index (κ2) is 15.3. The second-order valence-electron chi connectivity index (χ2n) is 19.2. The Morgan fingerprint density at radius 3 is 1.53 bits per heavy atom. The van der Waals surface area contributed by atoms with Crippen molar-refractivity contribution in [3.8, 4) is 45.5 Å². The number of benzene rings is 12. The molecule has 6 heteroatoms. The zero-order chi connectivity index (χ0) is 47.7. The van der Waals surface area contributed by atoms with Crippen molar-refractivity contribution in [1.29, 1.82) is 0 Å². The molecule has 12 aromatic carbocycles. The third-order valence-electron chi connectivity index (χ3n) is 15.1. The van der Waals surface area contributed by atoms with Gasteiger partial charge in [0.2, 0.25) is 0 Å². The molecule has 0 spiro atoms. The third-order valence-corrected chi connectivity index (χ3v) is 15.1. The van der Waals surface area contributed by atoms with E-state index >= 15 is 0 Å². The Labute approximate surface area is 417 Å². The molecular weight excluding hydrogens is 891 g/mol. The van der Waals surface area contributed by atoms with Gasteiger partial charge in [-0.15, -0.1) is 0 Å². The van der Waals surface area contributed by atoms with E-state index in [-0.39, 0.29) is 0 Å². The van der Waals surface area contributed by atoms with E-state index in [4.69, 9.17) is 19.4 Å². The molecule has 0 bridgehead atoms. The molecule has 0 aliphatic heterocycles. The standard InChI is InChI=1S/C67H39N5O/c1-2-22-48(23-3-1)71-58-28-13-12-26-51(58)54-35-46(30-32-59(54)71)65-68-66(70-67(69-65)53-27-14-21-40-15-8-10-24-49(40)53)47-36-57-52-31-29-41-16-9-11-25-50(41)63(52)73-64(57)62(39-47)72-60-37-44-19-6-4-17-42(44)33-55(60)56-34-43-18-5-7-20-45(43)38-61(56)72/h1-39H. The van der Waals surface area contributed by atoms with Gasteiger partial charge in [-0.05, 0) is 117 Å². The van der Waals surface area contributed by atoms with E-state index in [0.29, 0.717) is 17.5 Å². The zero-order valence-electron chi connectivity index (χ0n) is 39.2. The number of furan rings is 1. The predicted molar refractivity (Wildman–Crippen MR) is 302 cm³/mol. The molecule has 0 saturated heterocycles. The van der Waals surface area contributed by atoms with Crippen LogP contribution in [0, 0.1) is 0 Å². The van der Waals surface area contributed by atoms with Gasteiger partial charge in [0.1, 0.15) is 5.58 Å². The van der Waals surface area contributed by atoms with Gasteiger partial charge in [0.05, 0.1) is 27.8 Å². The van der Waals surface area contributed by atoms with Crippen LogP contribution in [0.25, 0.3) is 154 Å². The van der Waals surface area contributed by atoms with Gasteiger partial charge in [-0.1, -0.05) is 158 Å². The largest absolute Gasteiger partial charge is 0.453 e. The molecular formula is C67H39N5O. The van der Waals surface area contributed by atoms with Crippen LogP contribution in [-0.2, 0) is 0 Å². The maximum Gasteiger partial charge on any atom is 0.164 e. The molecule has 0 unspecified atom stereocenters. The van der Waals surface area contributed by atoms with Crippen LogP contribution in [0.3, 0.4) is 0 Å². The van der Waals surface area contributed by atoms with Crippen molar-refractivity contribution in [2.75, 3.05) is 0 Å². The Kier molecular flexibility index (Phi) is 8.36. The molecule has 0 saturated carbocycles. The molecule has 4 aromatic heterocycles. The number of para-hydroxylation sites is 2. The van der Waals surface area contributed by atoms with Crippen molar-refractivity contribution in [3.05, 3.63) is 237 Å². The van der Waals surface area contributed by atoms with E-state index in [2.05, 4.69) is 246 Å². The molecule has 0 atom stereocenters. The van der Waals surface area contributed by atoms with Gasteiger partial charge >= 0.3 is 0 Å². The zero-order valence-corrected chi connectivity index (χ0v) is 39.2. The quantitative estimate of drug-likeness (QED) is 0.173. The van der Waals surface area contributed by atoms with Crippen LogP contribution in [0.4, 0.5) is 0 Å². The van der Waals surface area contributed by atoms with E-state index in [0.717, 1.165) is 115 Å². The number of aromatic nitrogens is 5. The summed E-state index contributed by atoms with van der Waals surface area (Å²) >= 11 is 0. The molecule has 0 aliphatic rings. The minimum absolute atomic E-state index is 0.565. The van der Waals surface area contributed by atoms with Crippen LogP contribution in [0.15, 0.2) is 241 Å². The Morgan fingerprint density at radius 2 is 0.808 bits per heavy atom. The van der Waals surface area contributed by atoms with Gasteiger partial charge < -0.3 is 13.6 Å². The maximum atomic E-state index is 7.25. The highest BCUT2D eigenvalue weighted by molar-refractivity contribution is 6.20. The fourth-order valence-electron chi connectivity index (χ4n) is 11.7. The molecule has 0 amide bonds. The lowest BCUT2D eigenvalue weighted by Gasteiger charge is -2.14. The summed E-state index contributed by atoms with van der Waals surface area (Å²) < 4.78 is 12.0. The molecule has 73 heavy (non-hydrogen) atoms. The Hall–Kier alpha value is -9.91. The van der Waals surface area contributed by atoms with E-state index < -0.39 is 0 Å². The summed E-state index contributed by atoms with van der Waals surface area (Å²) in [6, 6.07) is 84.5. The van der Waals surface area contributed by atoms with E-state index in [1.165, 1.54) is 21.5 Å². The van der Waals surface area contributed by atoms with Crippen LogP contribution in [-0.4, -0.2) is 24.1 Å². The second-order valence-corrected chi connectivity index (χ2v) is 19.2. The predicted octanol–water partition coefficient (Wildman–Crippen LogP) is 17.6. The van der Waals surface area contributed by atoms with Crippen LogP contribution in [0.1, 0.15) is 0 Å². The third kappa shape index (κ3) is 6.01. The monoisotopic (exact) mass is 929 g/mol. The molecule has 4 heterocycles. The van der Waals surface area contributed by atoms with Gasteiger partial charge in [-0.25, -0.2) is 15.0 Å². The SMILES string of the molecule is c1ccc(-n2c3ccccc3c3cc(-c4nc(-c5cc(-n6c7cc8ccccc8cc7c7cc8ccccc8cc76)c6oc7c8ccccc8ccc7c6c5)nc(-c5cccc6ccccc56)n4)ccc32)cc1. The van der Waals surface area contributed by atoms with Gasteiger partial charge in [-0.3, -0.25) is 0 Å². The van der Waals surface area contributed by atoms with Gasteiger partial charge in [-0.2, -0.15) is 0 Å². The first-order chi connectivity index (χ1) is 36.2. The van der Waals surface area contributed by atoms with Crippen molar-refractivity contribution in [1.82, 2.24) is 24.1 Å². The fraction of sp³-hybridized carbons (Fsp3) is 0. The number of rotatable bonds is 5. The summed E-state index contributed by atoms with van der Waals surface area (Å²) in [4.78, 5) is 16.4. The molecule has 0 radical (unpaired) electrons. The summed E-state index contributed by atoms with van der Waals surface area (Å²) in [7, 11) is 0. The molecule has 6 nitrogen and oxygen atoms in total. The van der Waals surface area contributed by atoms with Gasteiger partial charge in [0, 0.05) is 60.1 Å². The van der Waals surface area contributed by atoms with Crippen LogP contribution in [0.5, 0.6) is 0 Å². The summed E-state index contributed by atoms with van der Waals surface area (Å²) in [6.45, 7) is 0. The van der Waals surface area contributed by atoms with E-state index in [1.807, 2.05) is 0 Å². The first kappa shape index (κ1) is 39.9. The van der Waals surface area contributed by atoms with Crippen molar-refractivity contribution < 1.29 is 4.42 Å². The van der Waals surface area contributed by atoms with Gasteiger partial charge in [0.15, 0.2) is 23.1 Å². The Morgan fingerprint density at radius 1 is 0.274 bits per heavy atom. The minimum Gasteiger partial charge on any atom is -0.453 e. The first-order valence-corrected chi connectivity index (χ1v) is 24.7. The van der Waals surface area contributed by atoms with Crippen molar-refractivity contribution in [2.24, 2.45) is 0 Å². The Balaban J connectivity index is 1.01. The first-order valence-electron chi connectivity index (χ1n) is 24.7. The van der Waals surface area contributed by atoms with Crippen molar-refractivity contribution >= 4 is 109 Å². The number of hydrogen-bond donors (Lipinski definition) is 0. The van der Waals surface area contributed by atoms with E-state index in [9.17, 15) is 0 Å². The summed E-state index contributed by atoms with van der Waals surface area (Å²) in [5.74, 6) is 1.75. The minimum atomic E-state index is 0.565. The lowest BCUT2D eigenvalue weighted by molar-refractivity contribution is 0.670. The van der Waals surface area contributed by atoms with Crippen molar-refractivity contribution in [2.45, 2.75) is 0 Å². The molecule has 16 rings (SSSR count). The van der Waals surface area contributed by atoms with Gasteiger partial charge in [0.25, 0.3) is 0 Å². The smallest absolute Gasteiger partial charge is 0.164 e. The molecule has 0 aliphatic carbocycles. The van der Waals surface area contributed by atoms with Crippen LogP contribution in [0.2, 0.25) is 0 Å². The lowest BCUT2D eigenvalue weighted by atomic mass is 10.0. The molecule has 0 N–H and O–H groups in total. The highest BCUT2D eigenvalue weighted by Gasteiger charge is 2.24. The topological polar surface area (TPSA) is 61.7 Å². The highest BCUT2D eigenvalue weighted by atomic mass is 16.3. The number of nitrogens with zero attached hydrogens (tertiary/aromatic N) is 5. The summed E-state index contributed by atoms with van der Waals surface area (Å²) in [5.41, 5.74) is 10.8. The highest BCUT2D eigenvalue weighted by Crippen LogP contribution is 2.44. The lowest BCUT2D eigenvalue weighted by Crippen LogP contribution is -2.02. The molecule has 0 fully saturated rings. The fourth-order valence-corrected chi connectivity index (χ4v) is 11.7. The summed E-state index contributed by atoms with van der Waals surface area (Å²) in [5, 5.41) is 15.7. The molecule has 16 aromatic rings. The van der Waals surface area contributed by atoms with Crippen LogP contribution < -0.4 is 0 Å². The average Bonchev–Trinajstić information content (AvgIpc) is 4.10. The maximum absolute atomic E-state index is 7.25. The van der Waals surface area contributed by atoms with Crippen LogP contribution >= 0.6 is 0 Å². The van der Waals surface area contributed by atoms with E-state index in [1.54, 1.807) is 0 Å². The number of hydrogen-bond acceptors (Lipinski definition) is 4.